The maximum Gasteiger partial charge on any atom is 0.228 e. The van der Waals surface area contributed by atoms with Crippen molar-refractivity contribution in [1.82, 2.24) is 14.8 Å². The second-order valence-corrected chi connectivity index (χ2v) is 7.07. The predicted molar refractivity (Wildman–Crippen MR) is 79.9 cm³/mol. The average molecular weight is 297 g/mol. The molecule has 0 saturated carbocycles. The smallest absolute Gasteiger partial charge is 0.228 e. The van der Waals surface area contributed by atoms with E-state index in [1.54, 1.807) is 11.3 Å². The molecule has 5 nitrogen and oxygen atoms in total. The summed E-state index contributed by atoms with van der Waals surface area (Å²) in [6, 6.07) is 0. The third-order valence-corrected chi connectivity index (χ3v) is 4.16. The number of amides is 1. The molecule has 1 aliphatic rings. The van der Waals surface area contributed by atoms with Gasteiger partial charge in [-0.05, 0) is 20.8 Å². The topological polar surface area (TPSA) is 56.7 Å². The molecule has 2 rings (SSSR count). The minimum atomic E-state index is -0.676. The van der Waals surface area contributed by atoms with Crippen LogP contribution in [0.5, 0.6) is 0 Å². The average Bonchev–Trinajstić information content (AvgIpc) is 2.73. The third kappa shape index (κ3) is 4.54. The van der Waals surface area contributed by atoms with Crippen LogP contribution < -0.4 is 0 Å². The van der Waals surface area contributed by atoms with Gasteiger partial charge in [0.05, 0.1) is 22.7 Å². The molecule has 20 heavy (non-hydrogen) atoms. The van der Waals surface area contributed by atoms with Gasteiger partial charge in [-0.15, -0.1) is 11.3 Å². The monoisotopic (exact) mass is 297 g/mol. The lowest BCUT2D eigenvalue weighted by atomic mass is 10.1. The van der Waals surface area contributed by atoms with E-state index in [2.05, 4.69) is 9.88 Å². The van der Waals surface area contributed by atoms with E-state index in [1.807, 2.05) is 31.1 Å². The van der Waals surface area contributed by atoms with Crippen molar-refractivity contribution in [2.24, 2.45) is 0 Å². The summed E-state index contributed by atoms with van der Waals surface area (Å²) in [7, 11) is 0. The number of thiazole rings is 1. The van der Waals surface area contributed by atoms with Crippen LogP contribution in [0.25, 0.3) is 0 Å². The van der Waals surface area contributed by atoms with Crippen molar-refractivity contribution in [2.45, 2.75) is 32.8 Å². The van der Waals surface area contributed by atoms with Crippen LogP contribution in [0, 0.1) is 6.92 Å². The van der Waals surface area contributed by atoms with Crippen LogP contribution in [-0.4, -0.2) is 64.1 Å². The number of rotatable bonds is 4. The van der Waals surface area contributed by atoms with Gasteiger partial charge in [-0.3, -0.25) is 9.69 Å². The molecule has 0 aliphatic carbocycles. The quantitative estimate of drug-likeness (QED) is 0.897. The van der Waals surface area contributed by atoms with Gasteiger partial charge >= 0.3 is 0 Å². The van der Waals surface area contributed by atoms with Gasteiger partial charge in [-0.1, -0.05) is 0 Å². The Kier molecular flexibility index (Phi) is 4.78. The molecular formula is C14H23N3O2S. The number of hydrogen-bond acceptors (Lipinski definition) is 5. The van der Waals surface area contributed by atoms with Gasteiger partial charge in [0.1, 0.15) is 0 Å². The first-order chi connectivity index (χ1) is 9.33. The van der Waals surface area contributed by atoms with Crippen molar-refractivity contribution in [2.75, 3.05) is 32.7 Å². The molecule has 1 aromatic rings. The molecular weight excluding hydrogens is 274 g/mol. The fourth-order valence-electron chi connectivity index (χ4n) is 2.46. The Bertz CT molecular complexity index is 459. The molecule has 0 bridgehead atoms. The number of aliphatic hydroxyl groups is 1. The van der Waals surface area contributed by atoms with Crippen LogP contribution in [0.4, 0.5) is 0 Å². The lowest BCUT2D eigenvalue weighted by Gasteiger charge is -2.37. The summed E-state index contributed by atoms with van der Waals surface area (Å²) in [6.07, 6.45) is 0.399. The summed E-state index contributed by atoms with van der Waals surface area (Å²) in [5.74, 6) is 0.151. The predicted octanol–water partition coefficient (Wildman–Crippen LogP) is 0.909. The molecule has 1 amide bonds. The van der Waals surface area contributed by atoms with Gasteiger partial charge < -0.3 is 10.0 Å². The van der Waals surface area contributed by atoms with E-state index >= 15 is 0 Å². The summed E-state index contributed by atoms with van der Waals surface area (Å²) in [4.78, 5) is 20.6. The highest BCUT2D eigenvalue weighted by Gasteiger charge is 2.25. The maximum atomic E-state index is 12.2. The molecule has 1 aliphatic heterocycles. The Morgan fingerprint density at radius 2 is 2.05 bits per heavy atom. The van der Waals surface area contributed by atoms with Gasteiger partial charge in [-0.25, -0.2) is 4.98 Å². The van der Waals surface area contributed by atoms with E-state index < -0.39 is 5.60 Å². The zero-order valence-corrected chi connectivity index (χ0v) is 13.2. The molecule has 1 N–H and O–H groups in total. The zero-order chi connectivity index (χ0) is 14.8. The minimum Gasteiger partial charge on any atom is -0.389 e. The molecule has 0 aromatic carbocycles. The van der Waals surface area contributed by atoms with Crippen LogP contribution in [0.3, 0.4) is 0 Å². The number of aryl methyl sites for hydroxylation is 1. The van der Waals surface area contributed by atoms with E-state index in [0.29, 0.717) is 13.0 Å². The molecule has 112 valence electrons. The van der Waals surface area contributed by atoms with Crippen molar-refractivity contribution in [3.05, 3.63) is 16.1 Å². The Hall–Kier alpha value is -0.980. The highest BCUT2D eigenvalue weighted by atomic mass is 32.1. The van der Waals surface area contributed by atoms with E-state index in [1.165, 1.54) is 0 Å². The Morgan fingerprint density at radius 3 is 2.55 bits per heavy atom. The standard InChI is InChI=1S/C14H23N3O2S/c1-11-15-12(9-20-11)8-13(18)17-6-4-16(5-7-17)10-14(2,3)19/h9,19H,4-8,10H2,1-3H3. The molecule has 0 radical (unpaired) electrons. The van der Waals surface area contributed by atoms with Crippen molar-refractivity contribution in [3.63, 3.8) is 0 Å². The number of carbonyl (C=O) groups excluding carboxylic acids is 1. The zero-order valence-electron chi connectivity index (χ0n) is 12.4. The van der Waals surface area contributed by atoms with Crippen LogP contribution >= 0.6 is 11.3 Å². The van der Waals surface area contributed by atoms with Crippen LogP contribution in [0.1, 0.15) is 24.5 Å². The molecule has 1 saturated heterocycles. The lowest BCUT2D eigenvalue weighted by Crippen LogP contribution is -2.52. The highest BCUT2D eigenvalue weighted by Crippen LogP contribution is 2.12. The summed E-state index contributed by atoms with van der Waals surface area (Å²) in [5.41, 5.74) is 0.195. The normalized spacial score (nSPS) is 17.5. The summed E-state index contributed by atoms with van der Waals surface area (Å²) >= 11 is 1.58. The Balaban J connectivity index is 1.80. The van der Waals surface area contributed by atoms with Crippen molar-refractivity contribution >= 4 is 17.2 Å². The third-order valence-electron chi connectivity index (χ3n) is 3.33. The van der Waals surface area contributed by atoms with Crippen LogP contribution in [0.2, 0.25) is 0 Å². The fraction of sp³-hybridized carbons (Fsp3) is 0.714. The first-order valence-electron chi connectivity index (χ1n) is 6.97. The van der Waals surface area contributed by atoms with Crippen molar-refractivity contribution in [3.8, 4) is 0 Å². The van der Waals surface area contributed by atoms with Gasteiger partial charge in [0, 0.05) is 38.1 Å². The van der Waals surface area contributed by atoms with Crippen LogP contribution in [-0.2, 0) is 11.2 Å². The van der Waals surface area contributed by atoms with E-state index in [9.17, 15) is 9.90 Å². The van der Waals surface area contributed by atoms with Gasteiger partial charge in [0.2, 0.25) is 5.91 Å². The Labute approximate surface area is 124 Å². The summed E-state index contributed by atoms with van der Waals surface area (Å²) in [6.45, 7) is 9.35. The fourth-order valence-corrected chi connectivity index (χ4v) is 3.07. The SMILES string of the molecule is Cc1nc(CC(=O)N2CCN(CC(C)(C)O)CC2)cs1. The molecule has 6 heteroatoms. The molecule has 0 spiro atoms. The van der Waals surface area contributed by atoms with Gasteiger partial charge in [-0.2, -0.15) is 0 Å². The molecule has 1 aromatic heterocycles. The van der Waals surface area contributed by atoms with Gasteiger partial charge in [0.15, 0.2) is 0 Å². The first kappa shape index (κ1) is 15.4. The summed E-state index contributed by atoms with van der Waals surface area (Å²) in [5, 5.41) is 12.8. The van der Waals surface area contributed by atoms with Gasteiger partial charge in [0.25, 0.3) is 0 Å². The number of carbonyl (C=O) groups is 1. The first-order valence-corrected chi connectivity index (χ1v) is 7.85. The molecule has 2 heterocycles. The number of piperazine rings is 1. The Morgan fingerprint density at radius 1 is 1.40 bits per heavy atom. The number of β-amino-alcohol motifs (C(OH)–C–C–N with tert-alkyl or cyclic N) is 1. The van der Waals surface area contributed by atoms with Crippen molar-refractivity contribution < 1.29 is 9.90 Å². The van der Waals surface area contributed by atoms with Crippen molar-refractivity contribution in [1.29, 1.82) is 0 Å². The second-order valence-electron chi connectivity index (χ2n) is 6.00. The number of nitrogens with zero attached hydrogens (tertiary/aromatic N) is 3. The summed E-state index contributed by atoms with van der Waals surface area (Å²) < 4.78 is 0. The largest absolute Gasteiger partial charge is 0.389 e. The second kappa shape index (κ2) is 6.20. The molecule has 0 unspecified atom stereocenters. The maximum absolute atomic E-state index is 12.2. The van der Waals surface area contributed by atoms with Crippen LogP contribution in [0.15, 0.2) is 5.38 Å². The molecule has 1 fully saturated rings. The number of hydrogen-bond donors (Lipinski definition) is 1. The van der Waals surface area contributed by atoms with E-state index in [-0.39, 0.29) is 5.91 Å². The minimum absolute atomic E-state index is 0.151. The highest BCUT2D eigenvalue weighted by molar-refractivity contribution is 7.09. The lowest BCUT2D eigenvalue weighted by molar-refractivity contribution is -0.132. The van der Waals surface area contributed by atoms with E-state index in [4.69, 9.17) is 0 Å². The number of aromatic nitrogens is 1. The van der Waals surface area contributed by atoms with E-state index in [0.717, 1.165) is 36.9 Å². The molecule has 0 atom stereocenters.